The van der Waals surface area contributed by atoms with Crippen LogP contribution < -0.4 is 100 Å². The van der Waals surface area contributed by atoms with Crippen LogP contribution >= 0.6 is 0 Å². The Morgan fingerprint density at radius 3 is 1.14 bits per heavy atom. The molecule has 0 atom stereocenters. The van der Waals surface area contributed by atoms with Crippen LogP contribution in [0.15, 0.2) is 122 Å². The van der Waals surface area contributed by atoms with Crippen molar-refractivity contribution in [1.29, 1.82) is 0 Å². The number of benzene rings is 1. The van der Waals surface area contributed by atoms with Gasteiger partial charge in [0.05, 0.1) is 29.4 Å². The van der Waals surface area contributed by atoms with E-state index in [0.29, 0.717) is 25.2 Å². The molecule has 6 aromatic heterocycles. The Balaban J connectivity index is 0.00000187. The molecule has 63 heavy (non-hydrogen) atoms. The maximum Gasteiger partial charge on any atom is 2.00 e. The minimum absolute atomic E-state index is 0. The number of carbonyl (C=O) groups is 1. The van der Waals surface area contributed by atoms with Gasteiger partial charge >= 0.3 is 22.5 Å². The van der Waals surface area contributed by atoms with Gasteiger partial charge in [0.15, 0.2) is 37.2 Å². The van der Waals surface area contributed by atoms with Crippen LogP contribution in [0.1, 0.15) is 42.0 Å². The largest absolute Gasteiger partial charge is 2.00 e. The molecule has 0 fully saturated rings. The second-order valence-electron chi connectivity index (χ2n) is 14.8. The zero-order valence-corrected chi connectivity index (χ0v) is 42.0. The van der Waals surface area contributed by atoms with E-state index in [1.54, 1.807) is 0 Å². The molecule has 0 saturated carbocycles. The third kappa shape index (κ3) is 10.8. The number of nitrogens with zero attached hydrogens (tertiary/aromatic N) is 7. The van der Waals surface area contributed by atoms with E-state index in [1.165, 1.54) is 0 Å². The maximum absolute atomic E-state index is 11.0. The summed E-state index contributed by atoms with van der Waals surface area (Å²) in [6.45, 7) is 0.440. The van der Waals surface area contributed by atoms with E-state index >= 15 is 0 Å². The molecular weight excluding hydrogens is 1170 g/mol. The summed E-state index contributed by atoms with van der Waals surface area (Å²) in [6, 6.07) is 28.8. The van der Waals surface area contributed by atoms with Crippen molar-refractivity contribution in [3.8, 4) is 50.3 Å². The van der Waals surface area contributed by atoms with Crippen LogP contribution in [0.3, 0.4) is 0 Å². The van der Waals surface area contributed by atoms with Crippen molar-refractivity contribution in [3.63, 3.8) is 0 Å². The number of rotatable bonds is 10. The second-order valence-corrected chi connectivity index (χ2v) is 14.8. The summed E-state index contributed by atoms with van der Waals surface area (Å²) in [6.07, 6.45) is 21.9. The Morgan fingerprint density at radius 2 is 0.825 bits per heavy atom. The van der Waals surface area contributed by atoms with E-state index < -0.39 is 5.97 Å². The van der Waals surface area contributed by atoms with Crippen molar-refractivity contribution in [3.05, 3.63) is 145 Å². The molecule has 2 aliphatic rings. The van der Waals surface area contributed by atoms with Crippen molar-refractivity contribution in [2.24, 2.45) is 21.1 Å². The van der Waals surface area contributed by atoms with Crippen LogP contribution in [0.5, 0.6) is 5.75 Å². The molecule has 14 heteroatoms. The van der Waals surface area contributed by atoms with Gasteiger partial charge in [0, 0.05) is 42.8 Å². The number of hydrogen-bond donors (Lipinski definition) is 1. The monoisotopic (exact) mass is 1210 g/mol. The van der Waals surface area contributed by atoms with Crippen LogP contribution in [0.2, 0.25) is 0 Å². The van der Waals surface area contributed by atoms with Gasteiger partial charge in [-0.2, -0.15) is 0 Å². The summed E-state index contributed by atoms with van der Waals surface area (Å²) < 4.78 is 12.1. The summed E-state index contributed by atoms with van der Waals surface area (Å²) >= 11 is 0. The average molecular weight is 1220 g/mol. The van der Waals surface area contributed by atoms with E-state index in [1.807, 2.05) is 96.3 Å². The smallest absolute Gasteiger partial charge is 1.00 e. The van der Waals surface area contributed by atoms with Crippen LogP contribution in [0, 0.1) is 0 Å². The van der Waals surface area contributed by atoms with Gasteiger partial charge in [0.1, 0.15) is 26.9 Å². The molecule has 1 N–H and O–H groups in total. The van der Waals surface area contributed by atoms with Gasteiger partial charge in [-0.1, -0.05) is 36.4 Å². The SMILES string of the molecule is C[n+]1ccc(-c2c3nc(c(-c4cc[n+](C)cc4)c4ccc([n-]4)c(-c4cc[n+](C)cc4)c4nc(c(-c5ccc(OCCCCC(=O)O)cc5)c5ccc2[n-]5)C=C4)C=C3)cc1.[I-].[I-].[I-].[Ni+2]. The fraction of sp³-hybridized carbons (Fsp3) is 0.143. The van der Waals surface area contributed by atoms with Crippen molar-refractivity contribution >= 4 is 52.3 Å². The summed E-state index contributed by atoms with van der Waals surface area (Å²) in [5.41, 5.74) is 14.0. The third-order valence-electron chi connectivity index (χ3n) is 10.6. The second kappa shape index (κ2) is 21.7. The van der Waals surface area contributed by atoms with Gasteiger partial charge in [-0.05, 0) is 93.8 Å². The fourth-order valence-electron chi connectivity index (χ4n) is 7.56. The molecule has 10 nitrogen and oxygen atoms in total. The first-order valence-electron chi connectivity index (χ1n) is 19.6. The number of aromatic nitrogens is 7. The minimum atomic E-state index is -0.795. The van der Waals surface area contributed by atoms with E-state index in [9.17, 15) is 4.79 Å². The predicted molar refractivity (Wildman–Crippen MR) is 229 cm³/mol. The molecule has 322 valence electrons. The van der Waals surface area contributed by atoms with Crippen LogP contribution in [-0.4, -0.2) is 27.7 Å². The van der Waals surface area contributed by atoms with Gasteiger partial charge in [-0.15, -0.1) is 22.1 Å². The zero-order chi connectivity index (χ0) is 40.5. The quantitative estimate of drug-likeness (QED) is 0.0786. The normalized spacial score (nSPS) is 11.2. The Hall–Kier alpha value is -4.78. The van der Waals surface area contributed by atoms with Gasteiger partial charge in [0.25, 0.3) is 0 Å². The number of aliphatic carboxylic acids is 1. The Labute approximate surface area is 427 Å². The van der Waals surface area contributed by atoms with Gasteiger partial charge < -0.3 is 91.7 Å². The molecule has 0 aliphatic carbocycles. The summed E-state index contributed by atoms with van der Waals surface area (Å²) in [5.74, 6) is -0.0846. The van der Waals surface area contributed by atoms with Crippen molar-refractivity contribution < 1.29 is 117 Å². The van der Waals surface area contributed by atoms with Gasteiger partial charge in [0.2, 0.25) is 0 Å². The maximum atomic E-state index is 11.0. The Bertz CT molecular complexity index is 2920. The first-order chi connectivity index (χ1) is 28.8. The molecule has 0 amide bonds. The molecule has 0 saturated heterocycles. The number of aryl methyl sites for hydroxylation is 3. The minimum Gasteiger partial charge on any atom is -1.00 e. The topological polar surface area (TPSA) is 112 Å². The van der Waals surface area contributed by atoms with Crippen molar-refractivity contribution in [1.82, 2.24) is 19.9 Å². The van der Waals surface area contributed by atoms with Crippen molar-refractivity contribution in [2.75, 3.05) is 6.61 Å². The summed E-state index contributed by atoms with van der Waals surface area (Å²) in [4.78, 5) is 32.4. The number of halogens is 3. The number of carboxylic acid groups (broad SMARTS) is 1. The zero-order valence-electron chi connectivity index (χ0n) is 34.5. The van der Waals surface area contributed by atoms with Gasteiger partial charge in [-0.3, -0.25) is 4.79 Å². The molecule has 0 radical (unpaired) electrons. The van der Waals surface area contributed by atoms with Gasteiger partial charge in [-0.25, -0.2) is 23.7 Å². The van der Waals surface area contributed by atoms with E-state index in [0.717, 1.165) is 89.4 Å². The van der Waals surface area contributed by atoms with E-state index in [4.69, 9.17) is 29.8 Å². The molecule has 8 heterocycles. The first-order valence-corrected chi connectivity index (χ1v) is 19.6. The molecule has 0 unspecified atom stereocenters. The van der Waals surface area contributed by atoms with Crippen molar-refractivity contribution in [2.45, 2.75) is 19.3 Å². The molecular formula is C49H42I3N7NiO3. The predicted octanol–water partition coefficient (Wildman–Crippen LogP) is -1.30. The molecule has 2 aliphatic heterocycles. The number of unbranched alkanes of at least 4 members (excludes halogenated alkanes) is 1. The summed E-state index contributed by atoms with van der Waals surface area (Å²) in [5, 5.41) is 9.00. The first kappa shape index (κ1) is 49.2. The Morgan fingerprint density at radius 1 is 0.508 bits per heavy atom. The molecule has 8 bridgehead atoms. The van der Waals surface area contributed by atoms with E-state index in [2.05, 4.69) is 85.0 Å². The van der Waals surface area contributed by atoms with Crippen LogP contribution in [0.4, 0.5) is 0 Å². The average Bonchev–Trinajstić information content (AvgIpc) is 4.08. The molecule has 7 aromatic rings. The number of carboxylic acids is 1. The number of hydrogen-bond acceptors (Lipinski definition) is 4. The molecule has 1 aromatic carbocycles. The molecule has 0 spiro atoms. The fourth-order valence-corrected chi connectivity index (χ4v) is 7.56. The molecule has 9 rings (SSSR count). The van der Waals surface area contributed by atoms with Crippen LogP contribution in [0.25, 0.3) is 90.9 Å². The number of ether oxygens (including phenoxy) is 1. The standard InChI is InChI=1S/C49H41N7O3.3HI.Ni/c1-54-25-19-33(20-26-54)47-39-13-11-37(50-39)46(32-7-9-36(10-8-32)59-31-5-4-6-45(57)58)38-12-14-40(51-38)48(34-21-27-55(2)28-22-34)42-16-18-44(53-42)49(43-17-15-41(47)52-43)35-23-29-56(3)30-24-35;;;;/h7-30H,4-6,31H2,1-3H3;3*1H;/q;;;;+2/p-2. The summed E-state index contributed by atoms with van der Waals surface area (Å²) in [7, 11) is 6.02. The van der Waals surface area contributed by atoms with E-state index in [-0.39, 0.29) is 94.8 Å². The Kier molecular flexibility index (Phi) is 17.0. The number of fused-ring (bicyclic) bond motifs is 8. The third-order valence-corrected chi connectivity index (χ3v) is 10.6. The number of pyridine rings is 3. The van der Waals surface area contributed by atoms with Crippen LogP contribution in [-0.2, 0) is 42.4 Å².